The summed E-state index contributed by atoms with van der Waals surface area (Å²) < 4.78 is 11.3. The van der Waals surface area contributed by atoms with Crippen molar-refractivity contribution in [2.75, 3.05) is 23.8 Å². The van der Waals surface area contributed by atoms with Gasteiger partial charge in [0.25, 0.3) is 0 Å². The third-order valence-electron chi connectivity index (χ3n) is 5.35. The standard InChI is InChI=1S/C21H27N9O/c1-14(2)24-20-19-18(4-7-29(19)17-11-22-28(3)13-17)26-21(27-20)25-15-10-23-30(12-15)16-5-8-31-9-6-16/h4,7,10-14,16H,5-6,8-9H2,1-3H3,(H2,24,25,26,27). The third-order valence-corrected chi connectivity index (χ3v) is 5.35. The molecular formula is C21H27N9O. The summed E-state index contributed by atoms with van der Waals surface area (Å²) in [6.07, 6.45) is 11.6. The fourth-order valence-electron chi connectivity index (χ4n) is 3.90. The zero-order chi connectivity index (χ0) is 21.4. The summed E-state index contributed by atoms with van der Waals surface area (Å²) in [5.74, 6) is 1.30. The molecule has 0 saturated carbocycles. The Hall–Kier alpha value is -3.40. The Morgan fingerprint density at radius 1 is 1.10 bits per heavy atom. The molecule has 4 aromatic heterocycles. The van der Waals surface area contributed by atoms with Crippen molar-refractivity contribution >= 4 is 28.5 Å². The molecule has 1 saturated heterocycles. The van der Waals surface area contributed by atoms with Crippen molar-refractivity contribution in [1.82, 2.24) is 34.1 Å². The summed E-state index contributed by atoms with van der Waals surface area (Å²) in [5, 5.41) is 15.6. The van der Waals surface area contributed by atoms with Gasteiger partial charge in [0.2, 0.25) is 5.95 Å². The second-order valence-electron chi connectivity index (χ2n) is 8.16. The van der Waals surface area contributed by atoms with Gasteiger partial charge in [-0.15, -0.1) is 0 Å². The first kappa shape index (κ1) is 19.6. The summed E-state index contributed by atoms with van der Waals surface area (Å²) in [7, 11) is 1.90. The number of nitrogens with zero attached hydrogens (tertiary/aromatic N) is 7. The molecule has 5 rings (SSSR count). The number of rotatable bonds is 6. The molecule has 162 valence electrons. The van der Waals surface area contributed by atoms with Crippen LogP contribution in [0.25, 0.3) is 16.7 Å². The molecule has 1 aliphatic rings. The molecule has 0 aliphatic carbocycles. The number of hydrogen-bond acceptors (Lipinski definition) is 7. The smallest absolute Gasteiger partial charge is 0.229 e. The molecule has 5 heterocycles. The summed E-state index contributed by atoms with van der Waals surface area (Å²) in [4.78, 5) is 9.53. The fourth-order valence-corrected chi connectivity index (χ4v) is 3.90. The summed E-state index contributed by atoms with van der Waals surface area (Å²) in [6.45, 7) is 5.75. The molecule has 10 nitrogen and oxygen atoms in total. The molecular weight excluding hydrogens is 394 g/mol. The number of hydrogen-bond donors (Lipinski definition) is 2. The van der Waals surface area contributed by atoms with Crippen LogP contribution in [0.3, 0.4) is 0 Å². The quantitative estimate of drug-likeness (QED) is 0.493. The van der Waals surface area contributed by atoms with Crippen molar-refractivity contribution in [3.63, 3.8) is 0 Å². The highest BCUT2D eigenvalue weighted by molar-refractivity contribution is 5.89. The fraction of sp³-hybridized carbons (Fsp3) is 0.429. The second-order valence-corrected chi connectivity index (χ2v) is 8.16. The minimum Gasteiger partial charge on any atom is -0.381 e. The Labute approximate surface area is 180 Å². The zero-order valence-corrected chi connectivity index (χ0v) is 18.0. The first-order chi connectivity index (χ1) is 15.1. The van der Waals surface area contributed by atoms with E-state index in [1.807, 2.05) is 48.8 Å². The number of aromatic nitrogens is 7. The predicted octanol–water partition coefficient (Wildman–Crippen LogP) is 3.27. The van der Waals surface area contributed by atoms with Crippen LogP contribution in [-0.2, 0) is 11.8 Å². The van der Waals surface area contributed by atoms with Crippen LogP contribution in [0, 0.1) is 0 Å². The third kappa shape index (κ3) is 3.98. The Balaban J connectivity index is 1.47. The monoisotopic (exact) mass is 421 g/mol. The van der Waals surface area contributed by atoms with Crippen molar-refractivity contribution in [3.05, 3.63) is 37.1 Å². The summed E-state index contributed by atoms with van der Waals surface area (Å²) in [5.41, 5.74) is 3.60. The second kappa shape index (κ2) is 8.03. The van der Waals surface area contributed by atoms with E-state index in [0.717, 1.165) is 54.3 Å². The molecule has 10 heteroatoms. The van der Waals surface area contributed by atoms with Gasteiger partial charge in [0, 0.05) is 44.9 Å². The average molecular weight is 422 g/mol. The number of aryl methyl sites for hydroxylation is 1. The molecule has 0 bridgehead atoms. The Kier molecular flexibility index (Phi) is 5.06. The average Bonchev–Trinajstić information content (AvgIpc) is 3.48. The van der Waals surface area contributed by atoms with E-state index in [-0.39, 0.29) is 6.04 Å². The van der Waals surface area contributed by atoms with Crippen molar-refractivity contribution in [2.24, 2.45) is 7.05 Å². The lowest BCUT2D eigenvalue weighted by Gasteiger charge is -2.22. The summed E-state index contributed by atoms with van der Waals surface area (Å²) >= 11 is 0. The van der Waals surface area contributed by atoms with E-state index < -0.39 is 0 Å². The first-order valence-electron chi connectivity index (χ1n) is 10.6. The van der Waals surface area contributed by atoms with Gasteiger partial charge in [0.05, 0.1) is 35.3 Å². The Bertz CT molecular complexity index is 1180. The predicted molar refractivity (Wildman–Crippen MR) is 119 cm³/mol. The number of anilines is 3. The number of fused-ring (bicyclic) bond motifs is 1. The van der Waals surface area contributed by atoms with Crippen LogP contribution in [0.1, 0.15) is 32.7 Å². The molecule has 1 fully saturated rings. The van der Waals surface area contributed by atoms with E-state index in [0.29, 0.717) is 12.0 Å². The van der Waals surface area contributed by atoms with Crippen LogP contribution in [0.4, 0.5) is 17.5 Å². The Morgan fingerprint density at radius 3 is 2.68 bits per heavy atom. The van der Waals surface area contributed by atoms with E-state index in [4.69, 9.17) is 14.7 Å². The molecule has 2 N–H and O–H groups in total. The number of nitrogens with one attached hydrogen (secondary N) is 2. The van der Waals surface area contributed by atoms with Gasteiger partial charge in [-0.25, -0.2) is 4.98 Å². The lowest BCUT2D eigenvalue weighted by Crippen LogP contribution is -2.19. The Morgan fingerprint density at radius 2 is 1.94 bits per heavy atom. The highest BCUT2D eigenvalue weighted by atomic mass is 16.5. The first-order valence-corrected chi connectivity index (χ1v) is 10.6. The maximum absolute atomic E-state index is 5.45. The van der Waals surface area contributed by atoms with E-state index >= 15 is 0 Å². The van der Waals surface area contributed by atoms with E-state index in [2.05, 4.69) is 39.2 Å². The van der Waals surface area contributed by atoms with Crippen LogP contribution in [0.15, 0.2) is 37.1 Å². The SMILES string of the molecule is CC(C)Nc1nc(Nc2cnn(C3CCOCC3)c2)nc2ccn(-c3cnn(C)c3)c12. The molecule has 0 amide bonds. The topological polar surface area (TPSA) is 99.6 Å². The normalized spacial score (nSPS) is 15.1. The lowest BCUT2D eigenvalue weighted by molar-refractivity contribution is 0.0662. The van der Waals surface area contributed by atoms with E-state index in [1.54, 1.807) is 4.68 Å². The number of ether oxygens (including phenoxy) is 1. The van der Waals surface area contributed by atoms with Crippen LogP contribution >= 0.6 is 0 Å². The molecule has 0 aromatic carbocycles. The van der Waals surface area contributed by atoms with Gasteiger partial charge in [0.1, 0.15) is 5.52 Å². The molecule has 0 radical (unpaired) electrons. The highest BCUT2D eigenvalue weighted by Gasteiger charge is 2.18. The molecule has 31 heavy (non-hydrogen) atoms. The minimum atomic E-state index is 0.222. The van der Waals surface area contributed by atoms with Crippen LogP contribution < -0.4 is 10.6 Å². The van der Waals surface area contributed by atoms with Gasteiger partial charge in [-0.1, -0.05) is 0 Å². The van der Waals surface area contributed by atoms with E-state index in [1.165, 1.54) is 0 Å². The van der Waals surface area contributed by atoms with Crippen molar-refractivity contribution in [1.29, 1.82) is 0 Å². The van der Waals surface area contributed by atoms with Crippen molar-refractivity contribution in [3.8, 4) is 5.69 Å². The van der Waals surface area contributed by atoms with Gasteiger partial charge < -0.3 is 19.9 Å². The van der Waals surface area contributed by atoms with Gasteiger partial charge >= 0.3 is 0 Å². The maximum atomic E-state index is 5.45. The highest BCUT2D eigenvalue weighted by Crippen LogP contribution is 2.28. The van der Waals surface area contributed by atoms with Crippen molar-refractivity contribution < 1.29 is 4.74 Å². The maximum Gasteiger partial charge on any atom is 0.229 e. The van der Waals surface area contributed by atoms with Crippen molar-refractivity contribution in [2.45, 2.75) is 38.8 Å². The van der Waals surface area contributed by atoms with Gasteiger partial charge in [0.15, 0.2) is 5.82 Å². The van der Waals surface area contributed by atoms with Gasteiger partial charge in [-0.3, -0.25) is 9.36 Å². The molecule has 0 unspecified atom stereocenters. The molecule has 1 aliphatic heterocycles. The lowest BCUT2D eigenvalue weighted by atomic mass is 10.1. The largest absolute Gasteiger partial charge is 0.381 e. The van der Waals surface area contributed by atoms with Gasteiger partial charge in [-0.2, -0.15) is 15.2 Å². The molecule has 0 spiro atoms. The van der Waals surface area contributed by atoms with Crippen LogP contribution in [0.5, 0.6) is 0 Å². The summed E-state index contributed by atoms with van der Waals surface area (Å²) in [6, 6.07) is 2.59. The van der Waals surface area contributed by atoms with Gasteiger partial charge in [-0.05, 0) is 32.8 Å². The minimum absolute atomic E-state index is 0.222. The van der Waals surface area contributed by atoms with Crippen LogP contribution in [0.2, 0.25) is 0 Å². The zero-order valence-electron chi connectivity index (χ0n) is 18.0. The molecule has 0 atom stereocenters. The van der Waals surface area contributed by atoms with E-state index in [9.17, 15) is 0 Å². The molecule has 4 aromatic rings. The van der Waals surface area contributed by atoms with Crippen LogP contribution in [-0.4, -0.2) is 53.4 Å².